The van der Waals surface area contributed by atoms with Crippen molar-refractivity contribution in [3.8, 4) is 5.75 Å². The first-order chi connectivity index (χ1) is 16.7. The van der Waals surface area contributed by atoms with E-state index in [0.29, 0.717) is 0 Å². The molecule has 10 heteroatoms. The van der Waals surface area contributed by atoms with Gasteiger partial charge in [0.2, 0.25) is 10.0 Å². The lowest BCUT2D eigenvalue weighted by atomic mass is 10.0. The molecule has 0 saturated carbocycles. The second-order valence-corrected chi connectivity index (χ2v) is 12.0. The first-order valence-electron chi connectivity index (χ1n) is 11.8. The van der Waals surface area contributed by atoms with Gasteiger partial charge in [-0.05, 0) is 56.9 Å². The van der Waals surface area contributed by atoms with E-state index in [9.17, 15) is 22.7 Å². The number of aliphatic hydroxyl groups excluding tert-OH is 1. The molecular formula is C26H37FN2O6S. The Bertz CT molecular complexity index is 1100. The standard InChI is InChI=1S/C26H37FN2O6S/c1-18(2)16-29(36(32,33)20-12-13-24(34-6)21(27)15-20)17-23(30)22(14-19-10-8-7-9-11-19)28-25(31)35-26(3,4)5/h7-13,15,18,22-23,30H,14,16-17H2,1-6H3,(H,28,31). The number of benzene rings is 2. The van der Waals surface area contributed by atoms with Crippen molar-refractivity contribution < 1.29 is 32.2 Å². The lowest BCUT2D eigenvalue weighted by Gasteiger charge is -2.31. The predicted octanol–water partition coefficient (Wildman–Crippen LogP) is 3.98. The molecule has 0 heterocycles. The maximum absolute atomic E-state index is 14.3. The van der Waals surface area contributed by atoms with Crippen LogP contribution >= 0.6 is 0 Å². The number of ether oxygens (including phenoxy) is 2. The van der Waals surface area contributed by atoms with E-state index in [4.69, 9.17) is 9.47 Å². The third kappa shape index (κ3) is 8.76. The quantitative estimate of drug-likeness (QED) is 0.461. The zero-order chi connectivity index (χ0) is 27.1. The second kappa shape index (κ2) is 12.5. The molecule has 0 aromatic heterocycles. The Morgan fingerprint density at radius 2 is 1.75 bits per heavy atom. The van der Waals surface area contributed by atoms with Gasteiger partial charge in [-0.2, -0.15) is 4.31 Å². The van der Waals surface area contributed by atoms with Crippen LogP contribution in [-0.4, -0.2) is 61.9 Å². The van der Waals surface area contributed by atoms with E-state index >= 15 is 0 Å². The molecule has 0 saturated heterocycles. The van der Waals surface area contributed by atoms with Crippen LogP contribution in [-0.2, 0) is 21.2 Å². The summed E-state index contributed by atoms with van der Waals surface area (Å²) in [6.45, 7) is 8.60. The highest BCUT2D eigenvalue weighted by Crippen LogP contribution is 2.24. The van der Waals surface area contributed by atoms with Gasteiger partial charge in [0.05, 0.1) is 24.2 Å². The number of rotatable bonds is 11. The summed E-state index contributed by atoms with van der Waals surface area (Å²) in [4.78, 5) is 12.3. The van der Waals surface area contributed by atoms with Crippen LogP contribution in [0, 0.1) is 11.7 Å². The van der Waals surface area contributed by atoms with Crippen LogP contribution in [0.2, 0.25) is 0 Å². The summed E-state index contributed by atoms with van der Waals surface area (Å²) in [6.07, 6.45) is -1.76. The van der Waals surface area contributed by atoms with Crippen molar-refractivity contribution in [2.45, 2.75) is 63.7 Å². The summed E-state index contributed by atoms with van der Waals surface area (Å²) in [5.41, 5.74) is 0.0886. The molecule has 2 N–H and O–H groups in total. The van der Waals surface area contributed by atoms with E-state index in [1.165, 1.54) is 19.2 Å². The Kier molecular flexibility index (Phi) is 10.3. The average Bonchev–Trinajstić information content (AvgIpc) is 2.77. The van der Waals surface area contributed by atoms with Crippen molar-refractivity contribution >= 4 is 16.1 Å². The number of nitrogens with zero attached hydrogens (tertiary/aromatic N) is 1. The highest BCUT2D eigenvalue weighted by Gasteiger charge is 2.32. The van der Waals surface area contributed by atoms with Gasteiger partial charge >= 0.3 is 6.09 Å². The highest BCUT2D eigenvalue weighted by atomic mass is 32.2. The molecule has 0 fully saturated rings. The minimum absolute atomic E-state index is 0.0751. The number of methoxy groups -OCH3 is 1. The van der Waals surface area contributed by atoms with Gasteiger partial charge < -0.3 is 19.9 Å². The third-order valence-electron chi connectivity index (χ3n) is 5.19. The molecule has 2 atom stereocenters. The smallest absolute Gasteiger partial charge is 0.407 e. The number of hydrogen-bond donors (Lipinski definition) is 2. The van der Waals surface area contributed by atoms with Gasteiger partial charge in [0.1, 0.15) is 5.60 Å². The van der Waals surface area contributed by atoms with Crippen LogP contribution in [0.5, 0.6) is 5.75 Å². The van der Waals surface area contributed by atoms with Crippen molar-refractivity contribution in [2.75, 3.05) is 20.2 Å². The molecule has 2 aromatic rings. The number of carbonyl (C=O) groups is 1. The van der Waals surface area contributed by atoms with Gasteiger partial charge in [-0.1, -0.05) is 44.2 Å². The molecule has 0 aliphatic heterocycles. The number of alkyl carbamates (subject to hydrolysis) is 1. The molecule has 200 valence electrons. The third-order valence-corrected chi connectivity index (χ3v) is 7.01. The monoisotopic (exact) mass is 524 g/mol. The molecule has 0 bridgehead atoms. The average molecular weight is 525 g/mol. The highest BCUT2D eigenvalue weighted by molar-refractivity contribution is 7.89. The van der Waals surface area contributed by atoms with E-state index in [0.717, 1.165) is 15.9 Å². The van der Waals surface area contributed by atoms with Crippen molar-refractivity contribution in [1.29, 1.82) is 0 Å². The lowest BCUT2D eigenvalue weighted by molar-refractivity contribution is 0.0400. The topological polar surface area (TPSA) is 105 Å². The summed E-state index contributed by atoms with van der Waals surface area (Å²) >= 11 is 0. The van der Waals surface area contributed by atoms with E-state index in [1.54, 1.807) is 20.8 Å². The van der Waals surface area contributed by atoms with Crippen LogP contribution in [0.25, 0.3) is 0 Å². The maximum atomic E-state index is 14.3. The Morgan fingerprint density at radius 3 is 2.28 bits per heavy atom. The largest absolute Gasteiger partial charge is 0.494 e. The number of carbonyl (C=O) groups excluding carboxylic acids is 1. The number of halogens is 1. The Balaban J connectivity index is 2.35. The Morgan fingerprint density at radius 1 is 1.11 bits per heavy atom. The van der Waals surface area contributed by atoms with E-state index in [1.807, 2.05) is 44.2 Å². The van der Waals surface area contributed by atoms with Gasteiger partial charge in [0.15, 0.2) is 11.6 Å². The van der Waals surface area contributed by atoms with Crippen molar-refractivity contribution in [1.82, 2.24) is 9.62 Å². The van der Waals surface area contributed by atoms with Crippen LogP contribution < -0.4 is 10.1 Å². The molecule has 0 aliphatic rings. The zero-order valence-electron chi connectivity index (χ0n) is 21.7. The van der Waals surface area contributed by atoms with Crippen LogP contribution in [0.1, 0.15) is 40.2 Å². The van der Waals surface area contributed by atoms with Gasteiger partial charge in [-0.3, -0.25) is 0 Å². The molecule has 0 aliphatic carbocycles. The summed E-state index contributed by atoms with van der Waals surface area (Å²) < 4.78 is 52.5. The number of sulfonamides is 1. The Hall–Kier alpha value is -2.69. The van der Waals surface area contributed by atoms with E-state index in [-0.39, 0.29) is 36.1 Å². The molecule has 2 unspecified atom stereocenters. The summed E-state index contributed by atoms with van der Waals surface area (Å²) in [6, 6.07) is 11.8. The molecule has 2 aromatic carbocycles. The summed E-state index contributed by atoms with van der Waals surface area (Å²) in [5, 5.41) is 13.9. The van der Waals surface area contributed by atoms with Crippen molar-refractivity contribution in [3.63, 3.8) is 0 Å². The van der Waals surface area contributed by atoms with Crippen LogP contribution in [0.15, 0.2) is 53.4 Å². The summed E-state index contributed by atoms with van der Waals surface area (Å²) in [5.74, 6) is -0.965. The Labute approximate surface area is 213 Å². The minimum atomic E-state index is -4.17. The number of nitrogens with one attached hydrogen (secondary N) is 1. The second-order valence-electron chi connectivity index (χ2n) is 10.0. The first kappa shape index (κ1) is 29.5. The molecule has 0 spiro atoms. The molecule has 8 nitrogen and oxygen atoms in total. The van der Waals surface area contributed by atoms with Crippen LogP contribution in [0.3, 0.4) is 0 Å². The minimum Gasteiger partial charge on any atom is -0.494 e. The molecule has 0 radical (unpaired) electrons. The van der Waals surface area contributed by atoms with E-state index in [2.05, 4.69) is 5.32 Å². The zero-order valence-corrected chi connectivity index (χ0v) is 22.5. The SMILES string of the molecule is COc1ccc(S(=O)(=O)N(CC(C)C)CC(O)C(Cc2ccccc2)NC(=O)OC(C)(C)C)cc1F. The summed E-state index contributed by atoms with van der Waals surface area (Å²) in [7, 11) is -2.88. The fourth-order valence-corrected chi connectivity index (χ4v) is 5.21. The van der Waals surface area contributed by atoms with Gasteiger partial charge in [-0.15, -0.1) is 0 Å². The molecule has 2 rings (SSSR count). The maximum Gasteiger partial charge on any atom is 0.407 e. The predicted molar refractivity (Wildman–Crippen MR) is 136 cm³/mol. The number of amides is 1. The number of hydrogen-bond acceptors (Lipinski definition) is 6. The van der Waals surface area contributed by atoms with Gasteiger partial charge in [0, 0.05) is 13.1 Å². The number of aliphatic hydroxyl groups is 1. The van der Waals surface area contributed by atoms with E-state index < -0.39 is 39.7 Å². The lowest BCUT2D eigenvalue weighted by Crippen LogP contribution is -2.51. The molecule has 1 amide bonds. The van der Waals surface area contributed by atoms with Crippen LogP contribution in [0.4, 0.5) is 9.18 Å². The van der Waals surface area contributed by atoms with Gasteiger partial charge in [-0.25, -0.2) is 17.6 Å². The fourth-order valence-electron chi connectivity index (χ4n) is 3.58. The normalized spacial score (nSPS) is 13.9. The van der Waals surface area contributed by atoms with Crippen molar-refractivity contribution in [3.05, 3.63) is 59.9 Å². The van der Waals surface area contributed by atoms with Crippen molar-refractivity contribution in [2.24, 2.45) is 5.92 Å². The first-order valence-corrected chi connectivity index (χ1v) is 13.2. The molecular weight excluding hydrogens is 487 g/mol. The molecule has 36 heavy (non-hydrogen) atoms. The fraction of sp³-hybridized carbons (Fsp3) is 0.500. The van der Waals surface area contributed by atoms with Gasteiger partial charge in [0.25, 0.3) is 0 Å².